The van der Waals surface area contributed by atoms with Crippen molar-refractivity contribution in [3.8, 4) is 5.75 Å². The number of amides is 1. The number of aromatic nitrogens is 1. The zero-order chi connectivity index (χ0) is 19.4. The highest BCUT2D eigenvalue weighted by Gasteiger charge is 2.11. The maximum Gasteiger partial charge on any atom is 0.258 e. The Morgan fingerprint density at radius 2 is 2.00 bits per heavy atom. The Labute approximate surface area is 160 Å². The molecule has 0 aliphatic heterocycles. The van der Waals surface area contributed by atoms with E-state index in [1.54, 1.807) is 4.57 Å². The Morgan fingerprint density at radius 1 is 1.22 bits per heavy atom. The number of pyridine rings is 1. The van der Waals surface area contributed by atoms with Crippen molar-refractivity contribution < 1.29 is 13.9 Å². The van der Waals surface area contributed by atoms with E-state index in [1.165, 1.54) is 24.3 Å². The van der Waals surface area contributed by atoms with Gasteiger partial charge in [-0.1, -0.05) is 29.8 Å². The molecule has 140 valence electrons. The van der Waals surface area contributed by atoms with E-state index in [4.69, 9.17) is 16.3 Å². The average Bonchev–Trinajstić information content (AvgIpc) is 2.65. The summed E-state index contributed by atoms with van der Waals surface area (Å²) in [6, 6.07) is 12.7. The number of hydrogen-bond acceptors (Lipinski definition) is 3. The van der Waals surface area contributed by atoms with E-state index in [9.17, 15) is 14.0 Å². The normalized spacial score (nSPS) is 10.8. The van der Waals surface area contributed by atoms with Gasteiger partial charge in [0, 0.05) is 29.6 Å². The summed E-state index contributed by atoms with van der Waals surface area (Å²) in [5.41, 5.74) is 1.16. The van der Waals surface area contributed by atoms with Crippen LogP contribution in [-0.2, 0) is 17.9 Å². The summed E-state index contributed by atoms with van der Waals surface area (Å²) < 4.78 is 20.3. The average molecular weight is 389 g/mol. The highest BCUT2D eigenvalue weighted by molar-refractivity contribution is 6.31. The third kappa shape index (κ3) is 4.28. The van der Waals surface area contributed by atoms with Gasteiger partial charge in [-0.3, -0.25) is 9.59 Å². The van der Waals surface area contributed by atoms with E-state index in [2.05, 4.69) is 5.32 Å². The van der Waals surface area contributed by atoms with E-state index >= 15 is 0 Å². The van der Waals surface area contributed by atoms with Crippen molar-refractivity contribution in [2.75, 3.05) is 6.61 Å². The molecular formula is C20H18ClFN2O3. The van der Waals surface area contributed by atoms with Crippen molar-refractivity contribution in [1.82, 2.24) is 9.88 Å². The van der Waals surface area contributed by atoms with Crippen LogP contribution in [0.3, 0.4) is 0 Å². The van der Waals surface area contributed by atoms with Gasteiger partial charge in [0.15, 0.2) is 6.61 Å². The highest BCUT2D eigenvalue weighted by atomic mass is 35.5. The van der Waals surface area contributed by atoms with Crippen molar-refractivity contribution in [2.45, 2.75) is 20.0 Å². The first-order chi connectivity index (χ1) is 13.0. The number of halogens is 2. The van der Waals surface area contributed by atoms with Gasteiger partial charge >= 0.3 is 0 Å². The van der Waals surface area contributed by atoms with Crippen LogP contribution < -0.4 is 15.6 Å². The molecular weight excluding hydrogens is 371 g/mol. The molecule has 1 N–H and O–H groups in total. The van der Waals surface area contributed by atoms with Crippen LogP contribution in [0.15, 0.2) is 53.3 Å². The van der Waals surface area contributed by atoms with E-state index in [1.807, 2.05) is 31.2 Å². The monoisotopic (exact) mass is 388 g/mol. The largest absolute Gasteiger partial charge is 0.483 e. The van der Waals surface area contributed by atoms with Gasteiger partial charge in [0.1, 0.15) is 11.6 Å². The van der Waals surface area contributed by atoms with Gasteiger partial charge in [0.2, 0.25) is 0 Å². The summed E-state index contributed by atoms with van der Waals surface area (Å²) in [6.07, 6.45) is 0. The van der Waals surface area contributed by atoms with Crippen molar-refractivity contribution in [1.29, 1.82) is 0 Å². The van der Waals surface area contributed by atoms with Crippen molar-refractivity contribution in [3.05, 3.63) is 75.3 Å². The SMILES string of the molecule is CCn1c(=O)cc(OCC(=O)NCc2ccc(F)cc2Cl)c2ccccc21. The number of nitrogens with one attached hydrogen (secondary N) is 1. The Kier molecular flexibility index (Phi) is 5.76. The molecule has 0 saturated heterocycles. The summed E-state index contributed by atoms with van der Waals surface area (Å²) in [6.45, 7) is 2.33. The van der Waals surface area contributed by atoms with Crippen LogP contribution >= 0.6 is 11.6 Å². The van der Waals surface area contributed by atoms with Crippen molar-refractivity contribution in [2.24, 2.45) is 0 Å². The molecule has 0 saturated carbocycles. The van der Waals surface area contributed by atoms with Crippen LogP contribution in [0.1, 0.15) is 12.5 Å². The second-order valence-corrected chi connectivity index (χ2v) is 6.32. The van der Waals surface area contributed by atoms with Crippen LogP contribution in [-0.4, -0.2) is 17.1 Å². The Morgan fingerprint density at radius 3 is 2.74 bits per heavy atom. The molecule has 0 aliphatic carbocycles. The van der Waals surface area contributed by atoms with Crippen LogP contribution in [0, 0.1) is 5.82 Å². The van der Waals surface area contributed by atoms with Crippen molar-refractivity contribution in [3.63, 3.8) is 0 Å². The van der Waals surface area contributed by atoms with E-state index < -0.39 is 5.82 Å². The summed E-state index contributed by atoms with van der Waals surface area (Å²) in [4.78, 5) is 24.3. The number of nitrogens with zero attached hydrogens (tertiary/aromatic N) is 1. The molecule has 7 heteroatoms. The van der Waals surface area contributed by atoms with Gasteiger partial charge in [-0.05, 0) is 36.8 Å². The molecule has 1 heterocycles. The first-order valence-electron chi connectivity index (χ1n) is 8.45. The minimum atomic E-state index is -0.438. The minimum absolute atomic E-state index is 0.152. The lowest BCUT2D eigenvalue weighted by Crippen LogP contribution is -2.29. The summed E-state index contributed by atoms with van der Waals surface area (Å²) in [5.74, 6) is -0.457. The van der Waals surface area contributed by atoms with Crippen molar-refractivity contribution >= 4 is 28.4 Å². The van der Waals surface area contributed by atoms with Gasteiger partial charge in [0.25, 0.3) is 11.5 Å². The number of para-hydroxylation sites is 1. The molecule has 0 aliphatic rings. The lowest BCUT2D eigenvalue weighted by Gasteiger charge is -2.13. The van der Waals surface area contributed by atoms with Gasteiger partial charge in [-0.15, -0.1) is 0 Å². The molecule has 5 nitrogen and oxygen atoms in total. The maximum absolute atomic E-state index is 13.1. The van der Waals surface area contributed by atoms with Crippen LogP contribution in [0.25, 0.3) is 10.9 Å². The van der Waals surface area contributed by atoms with E-state index in [0.29, 0.717) is 17.9 Å². The molecule has 0 fully saturated rings. The standard InChI is InChI=1S/C20H18ClFN2O3/c1-2-24-17-6-4-3-5-15(17)18(10-20(24)26)27-12-19(25)23-11-13-7-8-14(22)9-16(13)21/h3-10H,2,11-12H2,1H3,(H,23,25). The number of rotatable bonds is 6. The minimum Gasteiger partial charge on any atom is -0.483 e. The molecule has 3 aromatic rings. The predicted molar refractivity (Wildman–Crippen MR) is 103 cm³/mol. The van der Waals surface area contributed by atoms with Crippen LogP contribution in [0.2, 0.25) is 5.02 Å². The smallest absolute Gasteiger partial charge is 0.258 e. The Bertz CT molecular complexity index is 1050. The molecule has 2 aromatic carbocycles. The number of ether oxygens (including phenoxy) is 1. The predicted octanol–water partition coefficient (Wildman–Crippen LogP) is 3.51. The fourth-order valence-electron chi connectivity index (χ4n) is 2.80. The van der Waals surface area contributed by atoms with Gasteiger partial charge in [-0.25, -0.2) is 4.39 Å². The molecule has 0 radical (unpaired) electrons. The molecule has 1 amide bonds. The second-order valence-electron chi connectivity index (χ2n) is 5.91. The lowest BCUT2D eigenvalue weighted by atomic mass is 10.2. The molecule has 0 atom stereocenters. The van der Waals surface area contributed by atoms with Gasteiger partial charge in [-0.2, -0.15) is 0 Å². The molecule has 0 spiro atoms. The fraction of sp³-hybridized carbons (Fsp3) is 0.200. The van der Waals surface area contributed by atoms with E-state index in [0.717, 1.165) is 10.9 Å². The molecule has 27 heavy (non-hydrogen) atoms. The quantitative estimate of drug-likeness (QED) is 0.703. The van der Waals surface area contributed by atoms with Crippen LogP contribution in [0.5, 0.6) is 5.75 Å². The Balaban J connectivity index is 1.69. The number of carbonyl (C=O) groups is 1. The summed E-state index contributed by atoms with van der Waals surface area (Å²) in [7, 11) is 0. The zero-order valence-corrected chi connectivity index (χ0v) is 15.4. The third-order valence-electron chi connectivity index (χ3n) is 4.15. The molecule has 1 aromatic heterocycles. The Hall–Kier alpha value is -2.86. The number of benzene rings is 2. The topological polar surface area (TPSA) is 60.3 Å². The zero-order valence-electron chi connectivity index (χ0n) is 14.7. The molecule has 3 rings (SSSR count). The fourth-order valence-corrected chi connectivity index (χ4v) is 3.04. The summed E-state index contributed by atoms with van der Waals surface area (Å²) in [5, 5.41) is 3.66. The number of hydrogen-bond donors (Lipinski definition) is 1. The first kappa shape index (κ1) is 18.9. The maximum atomic E-state index is 13.1. The van der Waals surface area contributed by atoms with Crippen LogP contribution in [0.4, 0.5) is 4.39 Å². The number of carbonyl (C=O) groups excluding carboxylic acids is 1. The second kappa shape index (κ2) is 8.22. The van der Waals surface area contributed by atoms with E-state index in [-0.39, 0.29) is 29.6 Å². The molecule has 0 bridgehead atoms. The highest BCUT2D eigenvalue weighted by Crippen LogP contribution is 2.23. The third-order valence-corrected chi connectivity index (χ3v) is 4.50. The van der Waals surface area contributed by atoms with Gasteiger partial charge in [0.05, 0.1) is 5.52 Å². The first-order valence-corrected chi connectivity index (χ1v) is 8.83. The summed E-state index contributed by atoms with van der Waals surface area (Å²) >= 11 is 5.94. The number of fused-ring (bicyclic) bond motifs is 1. The number of aryl methyl sites for hydroxylation is 1. The lowest BCUT2D eigenvalue weighted by molar-refractivity contribution is -0.123. The molecule has 0 unspecified atom stereocenters. The van der Waals surface area contributed by atoms with Gasteiger partial charge < -0.3 is 14.6 Å².